The summed E-state index contributed by atoms with van der Waals surface area (Å²) in [7, 11) is 1.85. The number of benzene rings is 1. The van der Waals surface area contributed by atoms with Crippen molar-refractivity contribution in [2.24, 2.45) is 0 Å². The minimum atomic E-state index is 0. The quantitative estimate of drug-likeness (QED) is 0.918. The third-order valence-corrected chi connectivity index (χ3v) is 4.56. The van der Waals surface area contributed by atoms with Crippen molar-refractivity contribution in [1.29, 1.82) is 0 Å². The molecule has 1 unspecified atom stereocenters. The highest BCUT2D eigenvalue weighted by Crippen LogP contribution is 2.14. The van der Waals surface area contributed by atoms with Crippen LogP contribution in [-0.2, 0) is 11.3 Å². The molecule has 20 heavy (non-hydrogen) atoms. The first kappa shape index (κ1) is 17.6. The summed E-state index contributed by atoms with van der Waals surface area (Å²) in [5.41, 5.74) is 1.10. The summed E-state index contributed by atoms with van der Waals surface area (Å²) in [4.78, 5) is 13.9. The molecule has 1 N–H and O–H groups in total. The van der Waals surface area contributed by atoms with Gasteiger partial charge in [-0.1, -0.05) is 23.7 Å². The van der Waals surface area contributed by atoms with Gasteiger partial charge in [-0.25, -0.2) is 0 Å². The summed E-state index contributed by atoms with van der Waals surface area (Å²) in [6, 6.07) is 7.95. The number of thioether (sulfide) groups is 1. The van der Waals surface area contributed by atoms with Crippen LogP contribution in [0.1, 0.15) is 12.0 Å². The number of carbonyl (C=O) groups excluding carboxylic acids is 1. The zero-order valence-electron chi connectivity index (χ0n) is 11.5. The molecular formula is C14H20Cl2N2OS. The fraction of sp³-hybridized carbons (Fsp3) is 0.500. The molecule has 112 valence electrons. The van der Waals surface area contributed by atoms with Crippen molar-refractivity contribution in [3.8, 4) is 0 Å². The monoisotopic (exact) mass is 334 g/mol. The van der Waals surface area contributed by atoms with Crippen LogP contribution in [0.3, 0.4) is 0 Å². The molecule has 1 aromatic rings. The standard InChI is InChI=1S/C14H19ClN2OS.ClH/c1-17(9-11-2-4-12(15)5-3-11)14(18)8-13-10-19-7-6-16-13;/h2-5,13,16H,6-10H2,1H3;1H. The molecule has 1 aromatic carbocycles. The van der Waals surface area contributed by atoms with Gasteiger partial charge in [0, 0.05) is 49.1 Å². The van der Waals surface area contributed by atoms with Gasteiger partial charge in [0.05, 0.1) is 0 Å². The van der Waals surface area contributed by atoms with Crippen LogP contribution >= 0.6 is 35.8 Å². The van der Waals surface area contributed by atoms with Gasteiger partial charge in [-0.2, -0.15) is 11.8 Å². The average molecular weight is 335 g/mol. The number of nitrogens with one attached hydrogen (secondary N) is 1. The molecule has 1 aliphatic rings. The maximum absolute atomic E-state index is 12.1. The van der Waals surface area contributed by atoms with Gasteiger partial charge in [0.2, 0.25) is 5.91 Å². The minimum Gasteiger partial charge on any atom is -0.341 e. The zero-order valence-corrected chi connectivity index (χ0v) is 13.9. The third kappa shape index (κ3) is 5.52. The first-order chi connectivity index (χ1) is 9.15. The maximum Gasteiger partial charge on any atom is 0.224 e. The third-order valence-electron chi connectivity index (χ3n) is 3.18. The Hall–Kier alpha value is -0.420. The lowest BCUT2D eigenvalue weighted by Crippen LogP contribution is -2.41. The summed E-state index contributed by atoms with van der Waals surface area (Å²) in [6.07, 6.45) is 0.580. The molecule has 6 heteroatoms. The molecule has 0 radical (unpaired) electrons. The van der Waals surface area contributed by atoms with Gasteiger partial charge in [0.25, 0.3) is 0 Å². The number of nitrogens with zero attached hydrogens (tertiary/aromatic N) is 1. The van der Waals surface area contributed by atoms with E-state index in [1.165, 1.54) is 0 Å². The Morgan fingerprint density at radius 2 is 2.15 bits per heavy atom. The van der Waals surface area contributed by atoms with Crippen LogP contribution in [0.2, 0.25) is 5.02 Å². The first-order valence-corrected chi connectivity index (χ1v) is 7.98. The summed E-state index contributed by atoms with van der Waals surface area (Å²) < 4.78 is 0. The SMILES string of the molecule is CN(Cc1ccc(Cl)cc1)C(=O)CC1CSCCN1.Cl. The minimum absolute atomic E-state index is 0. The van der Waals surface area contributed by atoms with Crippen LogP contribution in [0.5, 0.6) is 0 Å². The second-order valence-electron chi connectivity index (χ2n) is 4.81. The molecule has 1 saturated heterocycles. The lowest BCUT2D eigenvalue weighted by atomic mass is 10.2. The van der Waals surface area contributed by atoms with Crippen molar-refractivity contribution in [3.05, 3.63) is 34.9 Å². The molecule has 1 atom stereocenters. The van der Waals surface area contributed by atoms with Crippen molar-refractivity contribution in [2.45, 2.75) is 19.0 Å². The van der Waals surface area contributed by atoms with Crippen LogP contribution in [-0.4, -0.2) is 41.9 Å². The van der Waals surface area contributed by atoms with Gasteiger partial charge in [0.15, 0.2) is 0 Å². The van der Waals surface area contributed by atoms with E-state index in [0.717, 1.165) is 28.6 Å². The van der Waals surface area contributed by atoms with E-state index in [2.05, 4.69) is 5.32 Å². The van der Waals surface area contributed by atoms with Gasteiger partial charge >= 0.3 is 0 Å². The molecule has 3 nitrogen and oxygen atoms in total. The molecule has 0 spiro atoms. The Labute approximate surface area is 135 Å². The van der Waals surface area contributed by atoms with E-state index < -0.39 is 0 Å². The van der Waals surface area contributed by atoms with E-state index in [4.69, 9.17) is 11.6 Å². The van der Waals surface area contributed by atoms with Crippen LogP contribution in [0.25, 0.3) is 0 Å². The highest BCUT2D eigenvalue weighted by molar-refractivity contribution is 7.99. The molecule has 1 aliphatic heterocycles. The predicted octanol–water partition coefficient (Wildman–Crippen LogP) is 2.82. The van der Waals surface area contributed by atoms with Crippen LogP contribution in [0.4, 0.5) is 0 Å². The Kier molecular flexibility index (Phi) is 7.74. The molecule has 0 aromatic heterocycles. The molecule has 0 aliphatic carbocycles. The molecule has 2 rings (SSSR count). The lowest BCUT2D eigenvalue weighted by Gasteiger charge is -2.25. The Bertz CT molecular complexity index is 422. The number of amides is 1. The molecule has 1 amide bonds. The normalized spacial score (nSPS) is 18.2. The Balaban J connectivity index is 0.00000200. The van der Waals surface area contributed by atoms with Gasteiger partial charge < -0.3 is 10.2 Å². The summed E-state index contributed by atoms with van der Waals surface area (Å²) in [5, 5.41) is 4.11. The average Bonchev–Trinajstić information content (AvgIpc) is 2.42. The maximum atomic E-state index is 12.1. The number of rotatable bonds is 4. The molecule has 0 bridgehead atoms. The van der Waals surface area contributed by atoms with Crippen LogP contribution in [0, 0.1) is 0 Å². The molecule has 1 fully saturated rings. The van der Waals surface area contributed by atoms with Gasteiger partial charge in [0.1, 0.15) is 0 Å². The van der Waals surface area contributed by atoms with E-state index in [-0.39, 0.29) is 18.3 Å². The smallest absolute Gasteiger partial charge is 0.224 e. The van der Waals surface area contributed by atoms with Crippen molar-refractivity contribution >= 4 is 41.7 Å². The van der Waals surface area contributed by atoms with Crippen molar-refractivity contribution in [3.63, 3.8) is 0 Å². The van der Waals surface area contributed by atoms with E-state index >= 15 is 0 Å². The summed E-state index contributed by atoms with van der Waals surface area (Å²) >= 11 is 7.76. The van der Waals surface area contributed by atoms with Crippen molar-refractivity contribution < 1.29 is 4.79 Å². The molecule has 0 saturated carbocycles. The number of hydrogen-bond donors (Lipinski definition) is 1. The van der Waals surface area contributed by atoms with Gasteiger partial charge in [-0.15, -0.1) is 12.4 Å². The highest BCUT2D eigenvalue weighted by atomic mass is 35.5. The van der Waals surface area contributed by atoms with E-state index in [9.17, 15) is 4.79 Å². The fourth-order valence-electron chi connectivity index (χ4n) is 2.07. The molecule has 1 heterocycles. The second kappa shape index (κ2) is 8.78. The van der Waals surface area contributed by atoms with Crippen molar-refractivity contribution in [1.82, 2.24) is 10.2 Å². The van der Waals surface area contributed by atoms with Crippen LogP contribution < -0.4 is 5.32 Å². The summed E-state index contributed by atoms with van der Waals surface area (Å²) in [6.45, 7) is 1.64. The van der Waals surface area contributed by atoms with Gasteiger partial charge in [-0.05, 0) is 17.7 Å². The molecular weight excluding hydrogens is 315 g/mol. The fourth-order valence-corrected chi connectivity index (χ4v) is 3.14. The number of halogens is 2. The van der Waals surface area contributed by atoms with Crippen molar-refractivity contribution in [2.75, 3.05) is 25.1 Å². The number of carbonyl (C=O) groups is 1. The topological polar surface area (TPSA) is 32.3 Å². The lowest BCUT2D eigenvalue weighted by molar-refractivity contribution is -0.130. The first-order valence-electron chi connectivity index (χ1n) is 6.44. The van der Waals surface area contributed by atoms with E-state index in [1.807, 2.05) is 43.1 Å². The Morgan fingerprint density at radius 1 is 1.45 bits per heavy atom. The highest BCUT2D eigenvalue weighted by Gasteiger charge is 2.19. The Morgan fingerprint density at radius 3 is 2.75 bits per heavy atom. The predicted molar refractivity (Wildman–Crippen MR) is 88.9 cm³/mol. The van der Waals surface area contributed by atoms with Crippen LogP contribution in [0.15, 0.2) is 24.3 Å². The second-order valence-corrected chi connectivity index (χ2v) is 6.39. The van der Waals surface area contributed by atoms with Gasteiger partial charge in [-0.3, -0.25) is 4.79 Å². The zero-order chi connectivity index (χ0) is 13.7. The summed E-state index contributed by atoms with van der Waals surface area (Å²) in [5.74, 6) is 2.36. The largest absolute Gasteiger partial charge is 0.341 e. The van der Waals surface area contributed by atoms with E-state index in [0.29, 0.717) is 19.0 Å². The number of hydrogen-bond acceptors (Lipinski definition) is 3. The van der Waals surface area contributed by atoms with E-state index in [1.54, 1.807) is 4.90 Å².